The van der Waals surface area contributed by atoms with Crippen molar-refractivity contribution >= 4 is 5.91 Å². The number of rotatable bonds is 6. The topological polar surface area (TPSA) is 81.6 Å². The van der Waals surface area contributed by atoms with Crippen LogP contribution < -0.4 is 4.74 Å². The second-order valence-electron chi connectivity index (χ2n) is 6.18. The van der Waals surface area contributed by atoms with Crippen LogP contribution >= 0.6 is 0 Å². The molecule has 0 fully saturated rings. The molecule has 1 amide bonds. The van der Waals surface area contributed by atoms with Crippen molar-refractivity contribution in [1.82, 2.24) is 15.2 Å². The molecule has 2 aromatic heterocycles. The van der Waals surface area contributed by atoms with Crippen molar-refractivity contribution in [2.75, 3.05) is 7.05 Å². The average molecular weight is 355 g/mol. The van der Waals surface area contributed by atoms with Gasteiger partial charge in [0.2, 0.25) is 0 Å². The Balaban J connectivity index is 1.74. The van der Waals surface area contributed by atoms with Gasteiger partial charge in [-0.1, -0.05) is 22.4 Å². The normalized spacial score (nSPS) is 10.8. The molecule has 3 aromatic rings. The van der Waals surface area contributed by atoms with Gasteiger partial charge in [0.15, 0.2) is 0 Å². The molecule has 136 valence electrons. The van der Waals surface area contributed by atoms with E-state index >= 15 is 0 Å². The summed E-state index contributed by atoms with van der Waals surface area (Å²) in [4.78, 5) is 14.4. The van der Waals surface area contributed by atoms with Crippen molar-refractivity contribution in [3.05, 3.63) is 64.4 Å². The van der Waals surface area contributed by atoms with Crippen molar-refractivity contribution in [1.29, 1.82) is 0 Å². The van der Waals surface area contributed by atoms with Gasteiger partial charge < -0.3 is 18.7 Å². The second kappa shape index (κ2) is 7.43. The monoisotopic (exact) mass is 355 g/mol. The SMILES string of the molecule is Cc1cc(CN(C)C(=O)c2ccccc2OCc2c(C)noc2C)no1. The van der Waals surface area contributed by atoms with Crippen molar-refractivity contribution in [3.63, 3.8) is 0 Å². The molecule has 0 saturated carbocycles. The summed E-state index contributed by atoms with van der Waals surface area (Å²) in [5.41, 5.74) is 2.86. The Morgan fingerprint density at radius 3 is 2.58 bits per heavy atom. The highest BCUT2D eigenvalue weighted by atomic mass is 16.5. The molecule has 0 aliphatic heterocycles. The maximum atomic E-state index is 12.8. The van der Waals surface area contributed by atoms with Crippen LogP contribution in [-0.4, -0.2) is 28.2 Å². The Hall–Kier alpha value is -3.09. The van der Waals surface area contributed by atoms with Crippen molar-refractivity contribution in [3.8, 4) is 5.75 Å². The first-order chi connectivity index (χ1) is 12.5. The third-order valence-electron chi connectivity index (χ3n) is 4.09. The lowest BCUT2D eigenvalue weighted by molar-refractivity contribution is 0.0777. The summed E-state index contributed by atoms with van der Waals surface area (Å²) in [5.74, 6) is 1.79. The Morgan fingerprint density at radius 1 is 1.15 bits per heavy atom. The zero-order valence-corrected chi connectivity index (χ0v) is 15.3. The standard InChI is InChI=1S/C19H21N3O4/c1-12-9-15(21-25-12)10-22(4)19(23)16-7-5-6-8-18(16)24-11-17-13(2)20-26-14(17)3/h5-9H,10-11H2,1-4H3. The van der Waals surface area contributed by atoms with Crippen LogP contribution in [0.15, 0.2) is 39.4 Å². The van der Waals surface area contributed by atoms with Gasteiger partial charge >= 0.3 is 0 Å². The molecule has 3 rings (SSSR count). The van der Waals surface area contributed by atoms with Gasteiger partial charge in [-0.15, -0.1) is 0 Å². The molecular weight excluding hydrogens is 334 g/mol. The van der Waals surface area contributed by atoms with E-state index in [0.29, 0.717) is 35.1 Å². The lowest BCUT2D eigenvalue weighted by Gasteiger charge is -2.18. The highest BCUT2D eigenvalue weighted by Crippen LogP contribution is 2.23. The molecule has 0 unspecified atom stereocenters. The van der Waals surface area contributed by atoms with Gasteiger partial charge in [-0.2, -0.15) is 0 Å². The summed E-state index contributed by atoms with van der Waals surface area (Å²) < 4.78 is 16.1. The molecule has 0 N–H and O–H groups in total. The highest BCUT2D eigenvalue weighted by Gasteiger charge is 2.19. The fourth-order valence-electron chi connectivity index (χ4n) is 2.64. The van der Waals surface area contributed by atoms with Crippen molar-refractivity contribution in [2.45, 2.75) is 33.9 Å². The van der Waals surface area contributed by atoms with Crippen LogP contribution in [0.4, 0.5) is 0 Å². The minimum Gasteiger partial charge on any atom is -0.488 e. The largest absolute Gasteiger partial charge is 0.488 e. The summed E-state index contributed by atoms with van der Waals surface area (Å²) in [6.45, 7) is 6.16. The van der Waals surface area contributed by atoms with E-state index in [9.17, 15) is 4.79 Å². The van der Waals surface area contributed by atoms with Gasteiger partial charge in [0.1, 0.15) is 29.6 Å². The summed E-state index contributed by atoms with van der Waals surface area (Å²) in [7, 11) is 1.72. The maximum absolute atomic E-state index is 12.8. The Bertz CT molecular complexity index is 894. The van der Waals surface area contributed by atoms with Gasteiger partial charge in [0.25, 0.3) is 5.91 Å². The third kappa shape index (κ3) is 3.77. The van der Waals surface area contributed by atoms with E-state index in [1.165, 1.54) is 0 Å². The maximum Gasteiger partial charge on any atom is 0.257 e. The minimum absolute atomic E-state index is 0.153. The van der Waals surface area contributed by atoms with Crippen molar-refractivity contribution in [2.24, 2.45) is 0 Å². The average Bonchev–Trinajstić information content (AvgIpc) is 3.18. The van der Waals surface area contributed by atoms with Gasteiger partial charge in [0.05, 0.1) is 23.4 Å². The van der Waals surface area contributed by atoms with E-state index in [0.717, 1.165) is 11.3 Å². The summed E-state index contributed by atoms with van der Waals surface area (Å²) >= 11 is 0. The fourth-order valence-corrected chi connectivity index (χ4v) is 2.64. The summed E-state index contributed by atoms with van der Waals surface area (Å²) in [6.07, 6.45) is 0. The number of hydrogen-bond acceptors (Lipinski definition) is 6. The molecule has 26 heavy (non-hydrogen) atoms. The van der Waals surface area contributed by atoms with E-state index in [2.05, 4.69) is 10.3 Å². The number of carbonyl (C=O) groups excluding carboxylic acids is 1. The van der Waals surface area contributed by atoms with E-state index in [1.54, 1.807) is 24.1 Å². The van der Waals surface area contributed by atoms with Crippen LogP contribution in [0.5, 0.6) is 5.75 Å². The number of benzene rings is 1. The van der Waals surface area contributed by atoms with Crippen LogP contribution in [0.3, 0.4) is 0 Å². The van der Waals surface area contributed by atoms with Gasteiger partial charge in [-0.3, -0.25) is 4.79 Å². The molecule has 0 spiro atoms. The van der Waals surface area contributed by atoms with Crippen LogP contribution in [0.1, 0.15) is 38.8 Å². The van der Waals surface area contributed by atoms with Crippen LogP contribution in [0.2, 0.25) is 0 Å². The minimum atomic E-state index is -0.153. The number of ether oxygens (including phenoxy) is 1. The van der Waals surface area contributed by atoms with Gasteiger partial charge in [-0.05, 0) is 32.9 Å². The zero-order chi connectivity index (χ0) is 18.7. The smallest absolute Gasteiger partial charge is 0.257 e. The fraction of sp³-hybridized carbons (Fsp3) is 0.316. The second-order valence-corrected chi connectivity index (χ2v) is 6.18. The first-order valence-electron chi connectivity index (χ1n) is 8.27. The molecule has 0 aliphatic rings. The Kier molecular flexibility index (Phi) is 5.06. The highest BCUT2D eigenvalue weighted by molar-refractivity contribution is 5.96. The Labute approximate surface area is 151 Å². The Morgan fingerprint density at radius 2 is 1.92 bits per heavy atom. The predicted octanol–water partition coefficient (Wildman–Crippen LogP) is 3.44. The number of carbonyl (C=O) groups is 1. The van der Waals surface area contributed by atoms with E-state index < -0.39 is 0 Å². The number of aryl methyl sites for hydroxylation is 3. The van der Waals surface area contributed by atoms with E-state index in [-0.39, 0.29) is 12.5 Å². The molecule has 0 atom stereocenters. The molecule has 0 radical (unpaired) electrons. The number of hydrogen-bond donors (Lipinski definition) is 0. The van der Waals surface area contributed by atoms with Crippen molar-refractivity contribution < 1.29 is 18.6 Å². The number of amides is 1. The summed E-state index contributed by atoms with van der Waals surface area (Å²) in [6, 6.07) is 8.98. The molecule has 0 saturated heterocycles. The molecule has 2 heterocycles. The first-order valence-corrected chi connectivity index (χ1v) is 8.27. The molecular formula is C19H21N3O4. The number of aromatic nitrogens is 2. The third-order valence-corrected chi connectivity index (χ3v) is 4.09. The van der Waals surface area contributed by atoms with Crippen LogP contribution in [-0.2, 0) is 13.2 Å². The molecule has 0 aliphatic carbocycles. The van der Waals surface area contributed by atoms with E-state index in [4.69, 9.17) is 13.8 Å². The molecule has 0 bridgehead atoms. The number of para-hydroxylation sites is 1. The van der Waals surface area contributed by atoms with Gasteiger partial charge in [-0.25, -0.2) is 0 Å². The summed E-state index contributed by atoms with van der Waals surface area (Å²) in [5, 5.41) is 7.84. The molecule has 7 heteroatoms. The quantitative estimate of drug-likeness (QED) is 0.674. The first kappa shape index (κ1) is 17.7. The van der Waals surface area contributed by atoms with Gasteiger partial charge in [0, 0.05) is 13.1 Å². The lowest BCUT2D eigenvalue weighted by atomic mass is 10.1. The van der Waals surface area contributed by atoms with Crippen LogP contribution in [0.25, 0.3) is 0 Å². The zero-order valence-electron chi connectivity index (χ0n) is 15.3. The number of nitrogens with zero attached hydrogens (tertiary/aromatic N) is 3. The van der Waals surface area contributed by atoms with E-state index in [1.807, 2.05) is 39.0 Å². The lowest BCUT2D eigenvalue weighted by Crippen LogP contribution is -2.26. The molecule has 7 nitrogen and oxygen atoms in total. The predicted molar refractivity (Wildman–Crippen MR) is 93.8 cm³/mol. The van der Waals surface area contributed by atoms with Crippen LogP contribution in [0, 0.1) is 20.8 Å². The molecule has 1 aromatic carbocycles.